The third-order valence-corrected chi connectivity index (χ3v) is 11.7. The monoisotopic (exact) mass is 425 g/mol. The highest BCUT2D eigenvalue weighted by Gasteiger charge is 2.51. The van der Waals surface area contributed by atoms with Crippen LogP contribution in [0.15, 0.2) is 60.7 Å². The predicted octanol–water partition coefficient (Wildman–Crippen LogP) is 2.34. The van der Waals surface area contributed by atoms with E-state index >= 15 is 0 Å². The highest BCUT2D eigenvalue weighted by molar-refractivity contribution is 6.99. The van der Waals surface area contributed by atoms with Gasteiger partial charge in [-0.2, -0.15) is 0 Å². The summed E-state index contributed by atoms with van der Waals surface area (Å²) in [5.41, 5.74) is 0. The summed E-state index contributed by atoms with van der Waals surface area (Å²) in [7, 11) is -2.68. The second-order valence-electron chi connectivity index (χ2n) is 9.63. The summed E-state index contributed by atoms with van der Waals surface area (Å²) in [5, 5.41) is 24.0. The molecule has 4 nitrogen and oxygen atoms in total. The van der Waals surface area contributed by atoms with Gasteiger partial charge >= 0.3 is 0 Å². The lowest BCUT2D eigenvalue weighted by Crippen LogP contribution is -2.67. The number of aliphatic hydroxyl groups excluding tert-OH is 1. The molecule has 1 unspecified atom stereocenters. The van der Waals surface area contributed by atoms with Gasteiger partial charge in [0.1, 0.15) is 0 Å². The predicted molar refractivity (Wildman–Crippen MR) is 120 cm³/mol. The largest absolute Gasteiger partial charge is 0.550 e. The molecule has 4 atom stereocenters. The van der Waals surface area contributed by atoms with E-state index in [1.807, 2.05) is 12.1 Å². The molecule has 5 heteroatoms. The molecule has 3 rings (SSSR count). The van der Waals surface area contributed by atoms with Crippen LogP contribution in [-0.2, 0) is 9.22 Å². The first-order chi connectivity index (χ1) is 14.2. The SMILES string of the molecule is CC(C(=O)[O-])[C@@H]1C[C@@H](O)C[C@@H]1CO[Si](c1ccccc1)(c1ccccc1)C(C)(C)C. The van der Waals surface area contributed by atoms with Crippen LogP contribution in [-0.4, -0.2) is 32.1 Å². The van der Waals surface area contributed by atoms with Gasteiger partial charge in [-0.05, 0) is 46.0 Å². The van der Waals surface area contributed by atoms with E-state index in [0.29, 0.717) is 19.4 Å². The van der Waals surface area contributed by atoms with Gasteiger partial charge in [0, 0.05) is 12.6 Å². The van der Waals surface area contributed by atoms with Crippen molar-refractivity contribution in [2.45, 2.75) is 51.7 Å². The molecular weight excluding hydrogens is 392 g/mol. The van der Waals surface area contributed by atoms with Gasteiger partial charge in [0.2, 0.25) is 0 Å². The van der Waals surface area contributed by atoms with E-state index in [1.54, 1.807) is 6.92 Å². The molecule has 30 heavy (non-hydrogen) atoms. The molecule has 1 aliphatic carbocycles. The number of aliphatic carboxylic acids is 1. The Balaban J connectivity index is 2.00. The minimum atomic E-state index is -2.68. The zero-order valence-electron chi connectivity index (χ0n) is 18.4. The number of carbonyl (C=O) groups is 1. The maximum Gasteiger partial charge on any atom is 0.261 e. The van der Waals surface area contributed by atoms with Crippen LogP contribution in [0.25, 0.3) is 0 Å². The molecular formula is C25H33O4Si-. The number of carboxylic acid groups (broad SMARTS) is 1. The standard InChI is InChI=1S/C25H34O4Si/c1-18(24(27)28)23-16-20(26)15-19(23)17-29-30(25(2,3)4,21-11-7-5-8-12-21)22-13-9-6-10-14-22/h5-14,18-20,23,26H,15-17H2,1-4H3,(H,27,28)/p-1/t18?,19-,20+,23+/m1/s1. The lowest BCUT2D eigenvalue weighted by atomic mass is 9.85. The average molecular weight is 426 g/mol. The van der Waals surface area contributed by atoms with E-state index in [4.69, 9.17) is 4.43 Å². The molecule has 0 bridgehead atoms. The number of carboxylic acids is 1. The minimum Gasteiger partial charge on any atom is -0.550 e. The van der Waals surface area contributed by atoms with Gasteiger partial charge in [-0.3, -0.25) is 0 Å². The van der Waals surface area contributed by atoms with E-state index in [9.17, 15) is 15.0 Å². The Labute approximate surface area is 181 Å². The molecule has 0 saturated heterocycles. The van der Waals surface area contributed by atoms with Crippen molar-refractivity contribution in [2.24, 2.45) is 17.8 Å². The normalized spacial score (nSPS) is 23.3. The first-order valence-electron chi connectivity index (χ1n) is 10.8. The summed E-state index contributed by atoms with van der Waals surface area (Å²) < 4.78 is 6.97. The maximum absolute atomic E-state index is 11.5. The number of benzene rings is 2. The van der Waals surface area contributed by atoms with E-state index < -0.39 is 26.3 Å². The van der Waals surface area contributed by atoms with Crippen LogP contribution in [0.4, 0.5) is 0 Å². The van der Waals surface area contributed by atoms with Gasteiger partial charge in [-0.15, -0.1) is 0 Å². The van der Waals surface area contributed by atoms with Crippen LogP contribution in [0.1, 0.15) is 40.5 Å². The van der Waals surface area contributed by atoms with E-state index in [-0.39, 0.29) is 16.9 Å². The Kier molecular flexibility index (Phi) is 6.85. The van der Waals surface area contributed by atoms with Crippen LogP contribution in [0.3, 0.4) is 0 Å². The quantitative estimate of drug-likeness (QED) is 0.692. The lowest BCUT2D eigenvalue weighted by Gasteiger charge is -2.44. The molecule has 0 aliphatic heterocycles. The van der Waals surface area contributed by atoms with Gasteiger partial charge < -0.3 is 19.4 Å². The van der Waals surface area contributed by atoms with Crippen LogP contribution in [0.2, 0.25) is 5.04 Å². The maximum atomic E-state index is 11.5. The van der Waals surface area contributed by atoms with E-state index in [1.165, 1.54) is 10.4 Å². The van der Waals surface area contributed by atoms with Crippen LogP contribution >= 0.6 is 0 Å². The molecule has 2 aromatic rings. The zero-order chi connectivity index (χ0) is 21.9. The van der Waals surface area contributed by atoms with Gasteiger partial charge in [-0.1, -0.05) is 88.4 Å². The van der Waals surface area contributed by atoms with Crippen molar-refractivity contribution in [3.05, 3.63) is 60.7 Å². The third kappa shape index (κ3) is 4.38. The fourth-order valence-corrected chi connectivity index (χ4v) is 9.72. The summed E-state index contributed by atoms with van der Waals surface area (Å²) in [6, 6.07) is 20.8. The van der Waals surface area contributed by atoms with E-state index in [0.717, 1.165) is 0 Å². The summed E-state index contributed by atoms with van der Waals surface area (Å²) in [4.78, 5) is 11.5. The summed E-state index contributed by atoms with van der Waals surface area (Å²) in [5.74, 6) is -1.79. The van der Waals surface area contributed by atoms with Crippen molar-refractivity contribution in [3.63, 3.8) is 0 Å². The molecule has 1 aliphatic rings. The molecule has 0 amide bonds. The Morgan fingerprint density at radius 3 is 2.00 bits per heavy atom. The highest BCUT2D eigenvalue weighted by Crippen LogP contribution is 2.41. The second kappa shape index (κ2) is 9.04. The van der Waals surface area contributed by atoms with Crippen molar-refractivity contribution < 1.29 is 19.4 Å². The van der Waals surface area contributed by atoms with Crippen molar-refractivity contribution in [1.82, 2.24) is 0 Å². The van der Waals surface area contributed by atoms with Crippen molar-refractivity contribution in [2.75, 3.05) is 6.61 Å². The second-order valence-corrected chi connectivity index (χ2v) is 13.9. The molecule has 0 heterocycles. The number of hydrogen-bond donors (Lipinski definition) is 1. The van der Waals surface area contributed by atoms with Gasteiger partial charge in [0.25, 0.3) is 8.32 Å². The molecule has 1 saturated carbocycles. The van der Waals surface area contributed by atoms with Crippen molar-refractivity contribution in [1.29, 1.82) is 0 Å². The summed E-state index contributed by atoms with van der Waals surface area (Å²) in [6.07, 6.45) is 0.578. The Morgan fingerprint density at radius 1 is 1.07 bits per heavy atom. The Morgan fingerprint density at radius 2 is 1.57 bits per heavy atom. The zero-order valence-corrected chi connectivity index (χ0v) is 19.4. The number of carbonyl (C=O) groups excluding carboxylic acids is 1. The van der Waals surface area contributed by atoms with Gasteiger partial charge in [-0.25, -0.2) is 0 Å². The number of hydrogen-bond acceptors (Lipinski definition) is 4. The first kappa shape index (κ1) is 22.7. The summed E-state index contributed by atoms with van der Waals surface area (Å²) >= 11 is 0. The van der Waals surface area contributed by atoms with Crippen LogP contribution in [0, 0.1) is 17.8 Å². The van der Waals surface area contributed by atoms with E-state index in [2.05, 4.69) is 69.3 Å². The van der Waals surface area contributed by atoms with Crippen molar-refractivity contribution >= 4 is 24.7 Å². The molecule has 0 spiro atoms. The smallest absolute Gasteiger partial charge is 0.261 e. The Hall–Kier alpha value is -1.95. The molecule has 0 aromatic heterocycles. The van der Waals surface area contributed by atoms with Crippen molar-refractivity contribution in [3.8, 4) is 0 Å². The fraction of sp³-hybridized carbons (Fsp3) is 0.480. The topological polar surface area (TPSA) is 69.6 Å². The first-order valence-corrected chi connectivity index (χ1v) is 12.7. The number of rotatable bonds is 7. The third-order valence-electron chi connectivity index (χ3n) is 6.67. The van der Waals surface area contributed by atoms with Gasteiger partial charge in [0.15, 0.2) is 0 Å². The fourth-order valence-electron chi connectivity index (χ4n) is 5.10. The number of aliphatic hydroxyl groups is 1. The molecule has 1 N–H and O–H groups in total. The molecule has 162 valence electrons. The molecule has 0 radical (unpaired) electrons. The highest BCUT2D eigenvalue weighted by atomic mass is 28.4. The Bertz CT molecular complexity index is 792. The minimum absolute atomic E-state index is 0.00505. The van der Waals surface area contributed by atoms with Crippen LogP contribution < -0.4 is 15.5 Å². The lowest BCUT2D eigenvalue weighted by molar-refractivity contribution is -0.313. The molecule has 2 aromatic carbocycles. The molecule has 1 fully saturated rings. The van der Waals surface area contributed by atoms with Crippen LogP contribution in [0.5, 0.6) is 0 Å². The average Bonchev–Trinajstić information content (AvgIpc) is 3.09. The summed E-state index contributed by atoms with van der Waals surface area (Å²) in [6.45, 7) is 8.80. The van der Waals surface area contributed by atoms with Gasteiger partial charge in [0.05, 0.1) is 6.10 Å².